The van der Waals surface area contributed by atoms with Gasteiger partial charge in [-0.1, -0.05) is 40.5 Å². The largest absolute Gasteiger partial charge is 0.346 e. The lowest BCUT2D eigenvalue weighted by Crippen LogP contribution is -2.22. The van der Waals surface area contributed by atoms with Crippen LogP contribution >= 0.6 is 34.5 Å². The van der Waals surface area contributed by atoms with Crippen LogP contribution < -0.4 is 5.32 Å². The number of rotatable bonds is 4. The minimum Gasteiger partial charge on any atom is -0.346 e. The van der Waals surface area contributed by atoms with Crippen molar-refractivity contribution in [2.45, 2.75) is 6.54 Å². The minimum atomic E-state index is -0.303. The van der Waals surface area contributed by atoms with Gasteiger partial charge in [-0.05, 0) is 24.3 Å². The number of thiophene rings is 1. The third-order valence-electron chi connectivity index (χ3n) is 2.88. The first-order valence-corrected chi connectivity index (χ1v) is 7.90. The third kappa shape index (κ3) is 3.30. The summed E-state index contributed by atoms with van der Waals surface area (Å²) < 4.78 is 2.16. The van der Waals surface area contributed by atoms with Crippen LogP contribution in [0.4, 0.5) is 0 Å². The highest BCUT2D eigenvalue weighted by atomic mass is 35.5. The Labute approximate surface area is 140 Å². The summed E-state index contributed by atoms with van der Waals surface area (Å²) in [5.41, 5.74) is 0.892. The van der Waals surface area contributed by atoms with Crippen molar-refractivity contribution in [3.8, 4) is 5.69 Å². The third-order valence-corrected chi connectivity index (χ3v) is 4.43. The second-order valence-corrected chi connectivity index (χ2v) is 6.60. The predicted molar refractivity (Wildman–Crippen MR) is 86.9 cm³/mol. The molecule has 0 bridgehead atoms. The van der Waals surface area contributed by atoms with Crippen molar-refractivity contribution in [3.05, 3.63) is 62.5 Å². The van der Waals surface area contributed by atoms with Crippen LogP contribution in [-0.4, -0.2) is 20.9 Å². The number of halogens is 2. The summed E-state index contributed by atoms with van der Waals surface area (Å²) in [7, 11) is 0. The van der Waals surface area contributed by atoms with E-state index in [4.69, 9.17) is 23.2 Å². The molecule has 5 nitrogen and oxygen atoms in total. The van der Waals surface area contributed by atoms with Crippen molar-refractivity contribution in [3.63, 3.8) is 0 Å². The molecule has 0 atom stereocenters. The van der Waals surface area contributed by atoms with Gasteiger partial charge in [-0.2, -0.15) is 0 Å². The van der Waals surface area contributed by atoms with Crippen LogP contribution in [0.3, 0.4) is 0 Å². The van der Waals surface area contributed by atoms with Crippen molar-refractivity contribution >= 4 is 40.4 Å². The first-order chi connectivity index (χ1) is 10.6. The second kappa shape index (κ2) is 6.48. The molecular formula is C14H10Cl2N4OS. The van der Waals surface area contributed by atoms with E-state index in [0.29, 0.717) is 21.6 Å². The molecule has 0 aliphatic rings. The predicted octanol–water partition coefficient (Wildman–Crippen LogP) is 3.57. The number of amides is 1. The molecule has 0 radical (unpaired) electrons. The van der Waals surface area contributed by atoms with E-state index in [1.165, 1.54) is 22.2 Å². The number of hydrogen-bond acceptors (Lipinski definition) is 4. The van der Waals surface area contributed by atoms with Gasteiger partial charge in [0.1, 0.15) is 0 Å². The molecule has 2 aromatic heterocycles. The zero-order valence-electron chi connectivity index (χ0n) is 11.2. The molecule has 1 aromatic carbocycles. The molecule has 3 rings (SSSR count). The molecule has 0 spiro atoms. The Kier molecular flexibility index (Phi) is 4.42. The van der Waals surface area contributed by atoms with E-state index in [-0.39, 0.29) is 11.6 Å². The molecule has 0 saturated heterocycles. The van der Waals surface area contributed by atoms with Gasteiger partial charge >= 0.3 is 0 Å². The fourth-order valence-electron chi connectivity index (χ4n) is 1.83. The number of hydrogen-bond donors (Lipinski definition) is 1. The Morgan fingerprint density at radius 3 is 2.77 bits per heavy atom. The Morgan fingerprint density at radius 2 is 2.05 bits per heavy atom. The Morgan fingerprint density at radius 1 is 1.23 bits per heavy atom. The number of carbonyl (C=O) groups is 1. The SMILES string of the molecule is O=C(NCc1ccc(Cl)s1)c1cn(-c2ccccc2Cl)nn1. The summed E-state index contributed by atoms with van der Waals surface area (Å²) in [5.74, 6) is -0.303. The molecule has 0 saturated carbocycles. The highest BCUT2D eigenvalue weighted by molar-refractivity contribution is 7.16. The Hall–Kier alpha value is -1.89. The van der Waals surface area contributed by atoms with Crippen LogP contribution in [0.15, 0.2) is 42.6 Å². The van der Waals surface area contributed by atoms with Gasteiger partial charge in [0, 0.05) is 4.88 Å². The van der Waals surface area contributed by atoms with E-state index < -0.39 is 0 Å². The summed E-state index contributed by atoms with van der Waals surface area (Å²) in [6.07, 6.45) is 1.54. The second-order valence-electron chi connectivity index (χ2n) is 4.39. The number of nitrogens with zero attached hydrogens (tertiary/aromatic N) is 3. The smallest absolute Gasteiger partial charge is 0.273 e. The van der Waals surface area contributed by atoms with Gasteiger partial charge in [0.25, 0.3) is 5.91 Å². The van der Waals surface area contributed by atoms with Gasteiger partial charge in [0.15, 0.2) is 5.69 Å². The number of aromatic nitrogens is 3. The summed E-state index contributed by atoms with van der Waals surface area (Å²) in [6.45, 7) is 0.398. The quantitative estimate of drug-likeness (QED) is 0.780. The number of para-hydroxylation sites is 1. The average Bonchev–Trinajstić information content (AvgIpc) is 3.14. The van der Waals surface area contributed by atoms with E-state index in [9.17, 15) is 4.79 Å². The Bertz CT molecular complexity index is 815. The molecule has 2 heterocycles. The van der Waals surface area contributed by atoms with Crippen molar-refractivity contribution in [2.24, 2.45) is 0 Å². The van der Waals surface area contributed by atoms with Crippen LogP contribution in [0.5, 0.6) is 0 Å². The first-order valence-electron chi connectivity index (χ1n) is 6.33. The van der Waals surface area contributed by atoms with Crippen LogP contribution in [0.25, 0.3) is 5.69 Å². The molecule has 22 heavy (non-hydrogen) atoms. The topological polar surface area (TPSA) is 59.8 Å². The van der Waals surface area contributed by atoms with E-state index in [1.807, 2.05) is 18.2 Å². The maximum Gasteiger partial charge on any atom is 0.273 e. The highest BCUT2D eigenvalue weighted by Gasteiger charge is 2.12. The molecule has 1 N–H and O–H groups in total. The fraction of sp³-hybridized carbons (Fsp3) is 0.0714. The standard InChI is InChI=1S/C14H10Cl2N4OS/c15-10-3-1-2-4-12(10)20-8-11(18-19-20)14(21)17-7-9-5-6-13(16)22-9/h1-6,8H,7H2,(H,17,21). The van der Waals surface area contributed by atoms with E-state index in [1.54, 1.807) is 18.2 Å². The number of carbonyl (C=O) groups excluding carboxylic acids is 1. The van der Waals surface area contributed by atoms with Crippen molar-refractivity contribution < 1.29 is 4.79 Å². The monoisotopic (exact) mass is 352 g/mol. The zero-order chi connectivity index (χ0) is 15.5. The maximum atomic E-state index is 12.1. The molecule has 0 aliphatic heterocycles. The van der Waals surface area contributed by atoms with Crippen LogP contribution in [0.1, 0.15) is 15.4 Å². The molecule has 1 amide bonds. The van der Waals surface area contributed by atoms with Crippen molar-refractivity contribution in [2.75, 3.05) is 0 Å². The summed E-state index contributed by atoms with van der Waals surface area (Å²) in [6, 6.07) is 10.9. The molecule has 0 aliphatic carbocycles. The molecule has 0 fully saturated rings. The fourth-order valence-corrected chi connectivity index (χ4v) is 3.08. The summed E-state index contributed by atoms with van der Waals surface area (Å²) in [5, 5.41) is 11.1. The van der Waals surface area contributed by atoms with Crippen molar-refractivity contribution in [1.82, 2.24) is 20.3 Å². The summed E-state index contributed by atoms with van der Waals surface area (Å²) >= 11 is 13.4. The normalized spacial score (nSPS) is 10.6. The van der Waals surface area contributed by atoms with Gasteiger partial charge in [-0.15, -0.1) is 16.4 Å². The van der Waals surface area contributed by atoms with E-state index in [2.05, 4.69) is 15.6 Å². The van der Waals surface area contributed by atoms with Gasteiger partial charge in [-0.25, -0.2) is 4.68 Å². The average molecular weight is 353 g/mol. The minimum absolute atomic E-state index is 0.225. The van der Waals surface area contributed by atoms with Crippen molar-refractivity contribution in [1.29, 1.82) is 0 Å². The van der Waals surface area contributed by atoms with Crippen LogP contribution in [0.2, 0.25) is 9.36 Å². The molecular weight excluding hydrogens is 343 g/mol. The zero-order valence-corrected chi connectivity index (χ0v) is 13.5. The lowest BCUT2D eigenvalue weighted by atomic mass is 10.3. The summed E-state index contributed by atoms with van der Waals surface area (Å²) in [4.78, 5) is 13.0. The Balaban J connectivity index is 1.70. The highest BCUT2D eigenvalue weighted by Crippen LogP contribution is 2.21. The first kappa shape index (κ1) is 15.0. The van der Waals surface area contributed by atoms with Crippen LogP contribution in [0, 0.1) is 0 Å². The number of benzene rings is 1. The maximum absolute atomic E-state index is 12.1. The molecule has 8 heteroatoms. The lowest BCUT2D eigenvalue weighted by molar-refractivity contribution is 0.0946. The van der Waals surface area contributed by atoms with Gasteiger partial charge in [0.2, 0.25) is 0 Å². The van der Waals surface area contributed by atoms with Crippen LogP contribution in [-0.2, 0) is 6.54 Å². The molecule has 112 valence electrons. The number of nitrogens with one attached hydrogen (secondary N) is 1. The van der Waals surface area contributed by atoms with Gasteiger partial charge in [0.05, 0.1) is 27.8 Å². The van der Waals surface area contributed by atoms with E-state index >= 15 is 0 Å². The van der Waals surface area contributed by atoms with Gasteiger partial charge in [-0.3, -0.25) is 4.79 Å². The van der Waals surface area contributed by atoms with Gasteiger partial charge < -0.3 is 5.32 Å². The molecule has 3 aromatic rings. The molecule has 0 unspecified atom stereocenters. The lowest BCUT2D eigenvalue weighted by Gasteiger charge is -2.01. The van der Waals surface area contributed by atoms with E-state index in [0.717, 1.165) is 4.88 Å².